The molecule has 1 aliphatic carbocycles. The molecule has 1 aromatic heterocycles. The van der Waals surface area contributed by atoms with E-state index in [0.29, 0.717) is 6.04 Å². The van der Waals surface area contributed by atoms with E-state index in [0.717, 1.165) is 24.7 Å². The summed E-state index contributed by atoms with van der Waals surface area (Å²) < 4.78 is 1.96. The van der Waals surface area contributed by atoms with Gasteiger partial charge in [0.25, 0.3) is 0 Å². The molecular formula is C15H28N4. The SMILES string of the molecule is CCC1CCCC(C(CCc2ccnn2C)NN)C1. The van der Waals surface area contributed by atoms with Crippen molar-refractivity contribution in [3.63, 3.8) is 0 Å². The zero-order chi connectivity index (χ0) is 13.7. The molecule has 3 atom stereocenters. The summed E-state index contributed by atoms with van der Waals surface area (Å²) in [4.78, 5) is 0. The van der Waals surface area contributed by atoms with Gasteiger partial charge in [-0.2, -0.15) is 5.10 Å². The highest BCUT2D eigenvalue weighted by Crippen LogP contribution is 2.33. The van der Waals surface area contributed by atoms with Crippen LogP contribution < -0.4 is 11.3 Å². The van der Waals surface area contributed by atoms with E-state index in [4.69, 9.17) is 5.84 Å². The van der Waals surface area contributed by atoms with E-state index in [-0.39, 0.29) is 0 Å². The van der Waals surface area contributed by atoms with Crippen molar-refractivity contribution < 1.29 is 0 Å². The molecule has 1 fully saturated rings. The number of nitrogens with zero attached hydrogens (tertiary/aromatic N) is 2. The van der Waals surface area contributed by atoms with Gasteiger partial charge in [-0.05, 0) is 43.6 Å². The average Bonchev–Trinajstić information content (AvgIpc) is 2.85. The van der Waals surface area contributed by atoms with Gasteiger partial charge in [-0.1, -0.05) is 26.2 Å². The molecule has 0 spiro atoms. The fourth-order valence-electron chi connectivity index (χ4n) is 3.47. The summed E-state index contributed by atoms with van der Waals surface area (Å²) in [5.74, 6) is 7.45. The third-order valence-electron chi connectivity index (χ3n) is 4.82. The van der Waals surface area contributed by atoms with E-state index in [1.54, 1.807) is 0 Å². The minimum absolute atomic E-state index is 0.448. The molecule has 1 aromatic rings. The largest absolute Gasteiger partial charge is 0.273 e. The van der Waals surface area contributed by atoms with Crippen LogP contribution in [0.3, 0.4) is 0 Å². The smallest absolute Gasteiger partial charge is 0.0492 e. The number of hydrogen-bond donors (Lipinski definition) is 2. The number of aryl methyl sites for hydroxylation is 2. The molecule has 1 saturated carbocycles. The van der Waals surface area contributed by atoms with Crippen LogP contribution in [-0.4, -0.2) is 15.8 Å². The van der Waals surface area contributed by atoms with E-state index >= 15 is 0 Å². The predicted octanol–water partition coefficient (Wildman–Crippen LogP) is 2.40. The summed E-state index contributed by atoms with van der Waals surface area (Å²) >= 11 is 0. The number of hydrazine groups is 1. The number of aromatic nitrogens is 2. The van der Waals surface area contributed by atoms with Crippen molar-refractivity contribution >= 4 is 0 Å². The van der Waals surface area contributed by atoms with Gasteiger partial charge in [0, 0.05) is 25.0 Å². The summed E-state index contributed by atoms with van der Waals surface area (Å²) in [5, 5.41) is 4.22. The molecule has 108 valence electrons. The fraction of sp³-hybridized carbons (Fsp3) is 0.800. The summed E-state index contributed by atoms with van der Waals surface area (Å²) in [6, 6.07) is 2.55. The molecule has 0 aliphatic heterocycles. The van der Waals surface area contributed by atoms with Crippen LogP contribution in [0, 0.1) is 11.8 Å². The number of nitrogens with two attached hydrogens (primary N) is 1. The Hall–Kier alpha value is -0.870. The third kappa shape index (κ3) is 3.80. The van der Waals surface area contributed by atoms with Crippen LogP contribution in [-0.2, 0) is 13.5 Å². The van der Waals surface area contributed by atoms with E-state index in [2.05, 4.69) is 23.5 Å². The van der Waals surface area contributed by atoms with E-state index in [1.807, 2.05) is 17.9 Å². The van der Waals surface area contributed by atoms with Crippen molar-refractivity contribution in [2.24, 2.45) is 24.7 Å². The van der Waals surface area contributed by atoms with Gasteiger partial charge in [0.15, 0.2) is 0 Å². The Morgan fingerprint density at radius 2 is 2.37 bits per heavy atom. The van der Waals surface area contributed by atoms with Crippen LogP contribution in [0.5, 0.6) is 0 Å². The predicted molar refractivity (Wildman–Crippen MR) is 78.4 cm³/mol. The molecule has 0 saturated heterocycles. The molecule has 0 aromatic carbocycles. The Labute approximate surface area is 116 Å². The topological polar surface area (TPSA) is 55.9 Å². The molecule has 4 nitrogen and oxygen atoms in total. The highest BCUT2D eigenvalue weighted by Gasteiger charge is 2.27. The lowest BCUT2D eigenvalue weighted by atomic mass is 9.76. The van der Waals surface area contributed by atoms with Crippen LogP contribution in [0.1, 0.15) is 51.1 Å². The van der Waals surface area contributed by atoms with Crippen molar-refractivity contribution in [1.82, 2.24) is 15.2 Å². The normalized spacial score (nSPS) is 25.4. The van der Waals surface area contributed by atoms with E-state index in [1.165, 1.54) is 37.8 Å². The monoisotopic (exact) mass is 264 g/mol. The molecule has 0 bridgehead atoms. The Balaban J connectivity index is 1.87. The Morgan fingerprint density at radius 3 is 3.00 bits per heavy atom. The lowest BCUT2D eigenvalue weighted by molar-refractivity contribution is 0.202. The third-order valence-corrected chi connectivity index (χ3v) is 4.82. The Morgan fingerprint density at radius 1 is 1.53 bits per heavy atom. The standard InChI is InChI=1S/C15H28N4/c1-3-12-5-4-6-13(11-12)15(18-16)8-7-14-9-10-17-19(14)2/h9-10,12-13,15,18H,3-8,11,16H2,1-2H3. The van der Waals surface area contributed by atoms with Crippen molar-refractivity contribution in [3.8, 4) is 0 Å². The first-order valence-corrected chi connectivity index (χ1v) is 7.67. The van der Waals surface area contributed by atoms with Gasteiger partial charge in [-0.15, -0.1) is 0 Å². The maximum atomic E-state index is 5.80. The summed E-state index contributed by atoms with van der Waals surface area (Å²) in [7, 11) is 2.01. The molecule has 0 amide bonds. The van der Waals surface area contributed by atoms with Gasteiger partial charge < -0.3 is 0 Å². The van der Waals surface area contributed by atoms with Crippen LogP contribution in [0.4, 0.5) is 0 Å². The van der Waals surface area contributed by atoms with Crippen molar-refractivity contribution in [1.29, 1.82) is 0 Å². The molecule has 4 heteroatoms. The number of rotatable bonds is 6. The van der Waals surface area contributed by atoms with Gasteiger partial charge in [-0.3, -0.25) is 16.0 Å². The number of nitrogens with one attached hydrogen (secondary N) is 1. The van der Waals surface area contributed by atoms with Gasteiger partial charge in [-0.25, -0.2) is 0 Å². The Kier molecular flexibility index (Phi) is 5.40. The average molecular weight is 264 g/mol. The molecule has 1 aliphatic rings. The minimum atomic E-state index is 0.448. The molecule has 3 N–H and O–H groups in total. The zero-order valence-electron chi connectivity index (χ0n) is 12.3. The second-order valence-corrected chi connectivity index (χ2v) is 5.96. The molecule has 0 radical (unpaired) electrons. The highest BCUT2D eigenvalue weighted by atomic mass is 15.3. The highest BCUT2D eigenvalue weighted by molar-refractivity contribution is 5.00. The zero-order valence-corrected chi connectivity index (χ0v) is 12.3. The van der Waals surface area contributed by atoms with Crippen molar-refractivity contribution in [2.45, 2.75) is 57.9 Å². The minimum Gasteiger partial charge on any atom is -0.273 e. The van der Waals surface area contributed by atoms with Crippen LogP contribution in [0.25, 0.3) is 0 Å². The van der Waals surface area contributed by atoms with Crippen molar-refractivity contribution in [2.75, 3.05) is 0 Å². The molecule has 3 unspecified atom stereocenters. The van der Waals surface area contributed by atoms with Gasteiger partial charge in [0.1, 0.15) is 0 Å². The van der Waals surface area contributed by atoms with Crippen LogP contribution in [0.2, 0.25) is 0 Å². The lowest BCUT2D eigenvalue weighted by Gasteiger charge is -2.34. The van der Waals surface area contributed by atoms with Gasteiger partial charge in [0.05, 0.1) is 0 Å². The summed E-state index contributed by atoms with van der Waals surface area (Å²) in [6.07, 6.45) is 10.8. The molecule has 2 rings (SSSR count). The second-order valence-electron chi connectivity index (χ2n) is 5.96. The summed E-state index contributed by atoms with van der Waals surface area (Å²) in [5.41, 5.74) is 4.36. The summed E-state index contributed by atoms with van der Waals surface area (Å²) in [6.45, 7) is 2.31. The first kappa shape index (κ1) is 14.5. The van der Waals surface area contributed by atoms with Gasteiger partial charge >= 0.3 is 0 Å². The molecule has 19 heavy (non-hydrogen) atoms. The quantitative estimate of drug-likeness (QED) is 0.613. The first-order valence-electron chi connectivity index (χ1n) is 7.67. The van der Waals surface area contributed by atoms with Crippen LogP contribution >= 0.6 is 0 Å². The van der Waals surface area contributed by atoms with Gasteiger partial charge in [0.2, 0.25) is 0 Å². The lowest BCUT2D eigenvalue weighted by Crippen LogP contribution is -2.43. The van der Waals surface area contributed by atoms with Crippen molar-refractivity contribution in [3.05, 3.63) is 18.0 Å². The maximum Gasteiger partial charge on any atom is 0.0492 e. The van der Waals surface area contributed by atoms with Crippen LogP contribution in [0.15, 0.2) is 12.3 Å². The maximum absolute atomic E-state index is 5.80. The first-order chi connectivity index (χ1) is 9.24. The van der Waals surface area contributed by atoms with E-state index in [9.17, 15) is 0 Å². The fourth-order valence-corrected chi connectivity index (χ4v) is 3.47. The number of hydrogen-bond acceptors (Lipinski definition) is 3. The Bertz CT molecular complexity index is 374. The molecular weight excluding hydrogens is 236 g/mol. The second kappa shape index (κ2) is 7.06. The molecule has 1 heterocycles. The van der Waals surface area contributed by atoms with E-state index < -0.39 is 0 Å².